The second-order valence-electron chi connectivity index (χ2n) is 6.87. The van der Waals surface area contributed by atoms with Crippen LogP contribution in [0.2, 0.25) is 0 Å². The Kier molecular flexibility index (Phi) is 6.24. The Morgan fingerprint density at radius 1 is 1.03 bits per heavy atom. The first kappa shape index (κ1) is 22.2. The number of hydrogen-bond acceptors (Lipinski definition) is 6. The Morgan fingerprint density at radius 3 is 2.32 bits per heavy atom. The van der Waals surface area contributed by atoms with Gasteiger partial charge in [0.2, 0.25) is 11.2 Å². The zero-order chi connectivity index (χ0) is 22.8. The fraction of sp³-hybridized carbons (Fsp3) is 0.273. The lowest BCUT2D eigenvalue weighted by Gasteiger charge is -2.14. The Labute approximate surface area is 175 Å². The zero-order valence-electron chi connectivity index (χ0n) is 17.0. The van der Waals surface area contributed by atoms with Crippen molar-refractivity contribution >= 4 is 17.1 Å². The molecule has 0 spiro atoms. The molecular weight excluding hydrogens is 417 g/mol. The van der Waals surface area contributed by atoms with Crippen LogP contribution in [-0.4, -0.2) is 12.8 Å². The number of carbonyl (C=O) groups is 1. The summed E-state index contributed by atoms with van der Waals surface area (Å²) in [4.78, 5) is 24.4. The lowest BCUT2D eigenvalue weighted by atomic mass is 10.1. The highest BCUT2D eigenvalue weighted by molar-refractivity contribution is 5.80. The van der Waals surface area contributed by atoms with Gasteiger partial charge in [0.05, 0.1) is 12.0 Å². The fourth-order valence-electron chi connectivity index (χ4n) is 2.92. The van der Waals surface area contributed by atoms with Gasteiger partial charge in [0.1, 0.15) is 17.1 Å². The second-order valence-corrected chi connectivity index (χ2v) is 6.87. The normalized spacial score (nSPS) is 11.4. The summed E-state index contributed by atoms with van der Waals surface area (Å²) in [6.07, 6.45) is -5.45. The number of aryl methyl sites for hydroxylation is 2. The molecule has 164 valence electrons. The van der Waals surface area contributed by atoms with Crippen molar-refractivity contribution in [3.05, 3.63) is 63.5 Å². The quantitative estimate of drug-likeness (QED) is 0.353. The van der Waals surface area contributed by atoms with E-state index in [2.05, 4.69) is 0 Å². The number of rotatable bonds is 5. The first-order chi connectivity index (χ1) is 14.6. The molecule has 0 fully saturated rings. The lowest BCUT2D eigenvalue weighted by Crippen LogP contribution is -2.16. The summed E-state index contributed by atoms with van der Waals surface area (Å²) in [5, 5.41) is -0.165. The molecule has 0 unspecified atom stereocenters. The summed E-state index contributed by atoms with van der Waals surface area (Å²) < 4.78 is 61.0. The second kappa shape index (κ2) is 8.71. The largest absolute Gasteiger partial charge is 0.513 e. The molecule has 0 N–H and O–H groups in total. The molecule has 0 aliphatic heterocycles. The minimum atomic E-state index is -5.00. The zero-order valence-corrected chi connectivity index (χ0v) is 17.0. The third kappa shape index (κ3) is 5.17. The van der Waals surface area contributed by atoms with Gasteiger partial charge in [0.15, 0.2) is 0 Å². The maximum atomic E-state index is 13.6. The molecule has 0 amide bonds. The third-order valence-electron chi connectivity index (χ3n) is 4.12. The number of ether oxygens (including phenoxy) is 3. The van der Waals surface area contributed by atoms with Crippen molar-refractivity contribution in [3.63, 3.8) is 0 Å². The highest BCUT2D eigenvalue weighted by atomic mass is 19.4. The summed E-state index contributed by atoms with van der Waals surface area (Å²) in [6, 6.07) is 8.29. The molecule has 1 heterocycles. The van der Waals surface area contributed by atoms with Crippen molar-refractivity contribution in [1.82, 2.24) is 0 Å². The molecular formula is C22H19F3O6. The van der Waals surface area contributed by atoms with E-state index in [4.69, 9.17) is 18.6 Å². The lowest BCUT2D eigenvalue weighted by molar-refractivity contribution is -0.154. The van der Waals surface area contributed by atoms with Gasteiger partial charge in [0.25, 0.3) is 5.76 Å². The minimum Gasteiger partial charge on any atom is -0.449 e. The molecule has 0 aliphatic rings. The molecule has 2 aromatic carbocycles. The predicted molar refractivity (Wildman–Crippen MR) is 106 cm³/mol. The van der Waals surface area contributed by atoms with Gasteiger partial charge in [-0.1, -0.05) is 13.0 Å². The average Bonchev–Trinajstić information content (AvgIpc) is 2.66. The molecule has 0 atom stereocenters. The van der Waals surface area contributed by atoms with Crippen molar-refractivity contribution in [1.29, 1.82) is 0 Å². The van der Waals surface area contributed by atoms with Crippen LogP contribution in [-0.2, 0) is 10.9 Å². The molecule has 0 saturated heterocycles. The first-order valence-electron chi connectivity index (χ1n) is 9.37. The number of fused-ring (bicyclic) bond motifs is 1. The van der Waals surface area contributed by atoms with Gasteiger partial charge in [-0.15, -0.1) is 0 Å². The van der Waals surface area contributed by atoms with Gasteiger partial charge in [-0.2, -0.15) is 13.2 Å². The molecule has 0 radical (unpaired) electrons. The monoisotopic (exact) mass is 436 g/mol. The average molecular weight is 436 g/mol. The number of hydrogen-bond donors (Lipinski definition) is 0. The van der Waals surface area contributed by atoms with E-state index in [0.29, 0.717) is 6.42 Å². The third-order valence-corrected chi connectivity index (χ3v) is 4.12. The minimum absolute atomic E-state index is 0.0771. The SMILES string of the molecule is CCCOC(=O)Oc1ccc2c(=O)c(Oc3cc(C)cc(C)c3)c(C(F)(F)F)oc2c1. The van der Waals surface area contributed by atoms with E-state index in [-0.39, 0.29) is 23.5 Å². The van der Waals surface area contributed by atoms with Crippen molar-refractivity contribution in [2.45, 2.75) is 33.4 Å². The maximum absolute atomic E-state index is 13.6. The molecule has 0 saturated carbocycles. The van der Waals surface area contributed by atoms with E-state index in [1.807, 2.05) is 6.07 Å². The van der Waals surface area contributed by atoms with Crippen LogP contribution in [0.1, 0.15) is 30.2 Å². The van der Waals surface area contributed by atoms with Gasteiger partial charge >= 0.3 is 12.3 Å². The van der Waals surface area contributed by atoms with Crippen molar-refractivity contribution in [3.8, 4) is 17.2 Å². The van der Waals surface area contributed by atoms with Gasteiger partial charge in [0, 0.05) is 6.07 Å². The predicted octanol–water partition coefficient (Wildman–Crippen LogP) is 6.15. The number of halogens is 3. The summed E-state index contributed by atoms with van der Waals surface area (Å²) in [6.45, 7) is 5.41. The van der Waals surface area contributed by atoms with E-state index in [1.54, 1.807) is 20.8 Å². The van der Waals surface area contributed by atoms with Crippen LogP contribution in [0.5, 0.6) is 17.2 Å². The van der Waals surface area contributed by atoms with Crippen molar-refractivity contribution < 1.29 is 36.6 Å². The summed E-state index contributed by atoms with van der Waals surface area (Å²) in [5.41, 5.74) is 0.0923. The van der Waals surface area contributed by atoms with Crippen LogP contribution in [0.15, 0.2) is 45.6 Å². The Balaban J connectivity index is 2.08. The highest BCUT2D eigenvalue weighted by Crippen LogP contribution is 2.39. The molecule has 31 heavy (non-hydrogen) atoms. The van der Waals surface area contributed by atoms with E-state index in [1.165, 1.54) is 24.3 Å². The van der Waals surface area contributed by atoms with Crippen LogP contribution >= 0.6 is 0 Å². The van der Waals surface area contributed by atoms with Crippen LogP contribution in [0, 0.1) is 13.8 Å². The topological polar surface area (TPSA) is 75.0 Å². The molecule has 1 aromatic heterocycles. The van der Waals surface area contributed by atoms with E-state index in [0.717, 1.165) is 17.2 Å². The summed E-state index contributed by atoms with van der Waals surface area (Å²) in [7, 11) is 0. The van der Waals surface area contributed by atoms with Gasteiger partial charge in [-0.3, -0.25) is 4.79 Å². The molecule has 0 aliphatic carbocycles. The number of benzene rings is 2. The number of alkyl halides is 3. The van der Waals surface area contributed by atoms with Crippen LogP contribution in [0.25, 0.3) is 11.0 Å². The van der Waals surface area contributed by atoms with E-state index >= 15 is 0 Å². The Hall–Kier alpha value is -3.49. The van der Waals surface area contributed by atoms with E-state index in [9.17, 15) is 22.8 Å². The van der Waals surface area contributed by atoms with Crippen molar-refractivity contribution in [2.24, 2.45) is 0 Å². The molecule has 6 nitrogen and oxygen atoms in total. The molecule has 3 aromatic rings. The summed E-state index contributed by atoms with van der Waals surface area (Å²) >= 11 is 0. The van der Waals surface area contributed by atoms with Crippen LogP contribution < -0.4 is 14.9 Å². The first-order valence-corrected chi connectivity index (χ1v) is 9.37. The molecule has 9 heteroatoms. The highest BCUT2D eigenvalue weighted by Gasteiger charge is 2.40. The Bertz CT molecular complexity index is 1160. The fourth-order valence-corrected chi connectivity index (χ4v) is 2.92. The maximum Gasteiger partial charge on any atom is 0.513 e. The van der Waals surface area contributed by atoms with Crippen molar-refractivity contribution in [2.75, 3.05) is 6.61 Å². The van der Waals surface area contributed by atoms with Gasteiger partial charge in [-0.05, 0) is 55.7 Å². The molecule has 0 bridgehead atoms. The standard InChI is InChI=1S/C22H19F3O6/c1-4-7-28-21(27)30-14-5-6-16-17(11-14)31-20(22(23,24)25)19(18(16)26)29-15-9-12(2)8-13(3)10-15/h5-6,8-11H,4,7H2,1-3H3. The summed E-state index contributed by atoms with van der Waals surface area (Å²) in [5.74, 6) is -2.61. The smallest absolute Gasteiger partial charge is 0.449 e. The Morgan fingerprint density at radius 2 is 1.71 bits per heavy atom. The number of carbonyl (C=O) groups excluding carboxylic acids is 1. The molecule has 3 rings (SSSR count). The van der Waals surface area contributed by atoms with Crippen LogP contribution in [0.3, 0.4) is 0 Å². The van der Waals surface area contributed by atoms with E-state index < -0.39 is 34.9 Å². The van der Waals surface area contributed by atoms with Gasteiger partial charge in [-0.25, -0.2) is 4.79 Å². The van der Waals surface area contributed by atoms with Gasteiger partial charge < -0.3 is 18.6 Å². The van der Waals surface area contributed by atoms with Crippen LogP contribution in [0.4, 0.5) is 18.0 Å².